The highest BCUT2D eigenvalue weighted by Crippen LogP contribution is 2.18. The van der Waals surface area contributed by atoms with Crippen LogP contribution in [0.5, 0.6) is 0 Å². The zero-order valence-electron chi connectivity index (χ0n) is 13.4. The molecule has 2 rings (SSSR count). The third kappa shape index (κ3) is 4.65. The number of aryl methyl sites for hydroxylation is 1. The number of amides is 1. The number of hydrogen-bond acceptors (Lipinski definition) is 5. The third-order valence-corrected chi connectivity index (χ3v) is 3.42. The topological polar surface area (TPSA) is 91.8 Å². The minimum absolute atomic E-state index is 0.184. The Morgan fingerprint density at radius 2 is 2.04 bits per heavy atom. The summed E-state index contributed by atoms with van der Waals surface area (Å²) in [4.78, 5) is 16.6. The first-order valence-electron chi connectivity index (χ1n) is 7.60. The Kier molecular flexibility index (Phi) is 5.47. The summed E-state index contributed by atoms with van der Waals surface area (Å²) in [6.07, 6.45) is 2.80. The molecule has 1 heterocycles. The summed E-state index contributed by atoms with van der Waals surface area (Å²) < 4.78 is 5.22. The number of nitrogens with zero attached hydrogens (tertiary/aromatic N) is 3. The summed E-state index contributed by atoms with van der Waals surface area (Å²) in [6, 6.07) is 11.1. The smallest absolute Gasteiger partial charge is 0.252 e. The van der Waals surface area contributed by atoms with E-state index in [2.05, 4.69) is 21.5 Å². The van der Waals surface area contributed by atoms with Crippen LogP contribution in [0.15, 0.2) is 34.9 Å². The number of rotatable bonds is 7. The predicted octanol–water partition coefficient (Wildman–Crippen LogP) is 2.97. The molecular formula is C17H20N4O2. The quantitative estimate of drug-likeness (QED) is 0.793. The van der Waals surface area contributed by atoms with Gasteiger partial charge in [-0.2, -0.15) is 10.2 Å². The molecule has 0 unspecified atom stereocenters. The molecule has 1 aromatic heterocycles. The van der Waals surface area contributed by atoms with E-state index >= 15 is 0 Å². The van der Waals surface area contributed by atoms with Crippen molar-refractivity contribution in [1.82, 2.24) is 15.5 Å². The van der Waals surface area contributed by atoms with E-state index in [1.807, 2.05) is 32.0 Å². The van der Waals surface area contributed by atoms with Crippen LogP contribution < -0.4 is 5.32 Å². The number of unbranched alkanes of at least 4 members (excludes halogenated alkanes) is 2. The molecule has 1 amide bonds. The Hall–Kier alpha value is -2.68. The van der Waals surface area contributed by atoms with E-state index in [-0.39, 0.29) is 5.91 Å². The summed E-state index contributed by atoms with van der Waals surface area (Å²) in [6.45, 7) is 3.66. The number of aromatic nitrogens is 2. The molecule has 0 radical (unpaired) electrons. The second kappa shape index (κ2) is 7.54. The molecule has 0 atom stereocenters. The van der Waals surface area contributed by atoms with E-state index in [1.165, 1.54) is 0 Å². The highest BCUT2D eigenvalue weighted by atomic mass is 16.5. The first-order valence-corrected chi connectivity index (χ1v) is 7.60. The van der Waals surface area contributed by atoms with Crippen LogP contribution in [0.1, 0.15) is 55.2 Å². The van der Waals surface area contributed by atoms with Gasteiger partial charge < -0.3 is 9.84 Å². The highest BCUT2D eigenvalue weighted by molar-refractivity contribution is 5.94. The Morgan fingerprint density at radius 1 is 1.30 bits per heavy atom. The fourth-order valence-corrected chi connectivity index (χ4v) is 2.09. The number of carbonyl (C=O) groups is 1. The summed E-state index contributed by atoms with van der Waals surface area (Å²) >= 11 is 0. The molecular weight excluding hydrogens is 292 g/mol. The van der Waals surface area contributed by atoms with Gasteiger partial charge >= 0.3 is 0 Å². The van der Waals surface area contributed by atoms with Gasteiger partial charge in [0.2, 0.25) is 5.89 Å². The molecule has 120 valence electrons. The third-order valence-electron chi connectivity index (χ3n) is 3.42. The lowest BCUT2D eigenvalue weighted by Crippen LogP contribution is -2.41. The second-order valence-electron chi connectivity index (χ2n) is 5.82. The SMILES string of the molecule is CC(C)(NC(=O)c1ccccc1)c1noc(CCCCC#N)n1. The molecule has 0 bridgehead atoms. The predicted molar refractivity (Wildman–Crippen MR) is 84.4 cm³/mol. The van der Waals surface area contributed by atoms with Gasteiger partial charge in [-0.1, -0.05) is 23.4 Å². The van der Waals surface area contributed by atoms with Crippen molar-refractivity contribution in [2.24, 2.45) is 0 Å². The number of hydrogen-bond donors (Lipinski definition) is 1. The summed E-state index contributed by atoms with van der Waals surface area (Å²) in [5, 5.41) is 15.4. The molecule has 23 heavy (non-hydrogen) atoms. The zero-order valence-corrected chi connectivity index (χ0v) is 13.4. The molecule has 0 saturated heterocycles. The van der Waals surface area contributed by atoms with E-state index in [0.29, 0.717) is 30.1 Å². The first-order chi connectivity index (χ1) is 11.0. The zero-order chi connectivity index (χ0) is 16.7. The van der Waals surface area contributed by atoms with Gasteiger partial charge in [-0.3, -0.25) is 4.79 Å². The van der Waals surface area contributed by atoms with Crippen LogP contribution in [0, 0.1) is 11.3 Å². The molecule has 2 aromatic rings. The monoisotopic (exact) mass is 312 g/mol. The number of nitrogens with one attached hydrogen (secondary N) is 1. The lowest BCUT2D eigenvalue weighted by Gasteiger charge is -2.22. The second-order valence-corrected chi connectivity index (χ2v) is 5.82. The molecule has 1 aromatic carbocycles. The largest absolute Gasteiger partial charge is 0.340 e. The van der Waals surface area contributed by atoms with Gasteiger partial charge in [0.1, 0.15) is 0 Å². The minimum Gasteiger partial charge on any atom is -0.340 e. The molecule has 0 spiro atoms. The van der Waals surface area contributed by atoms with E-state index in [1.54, 1.807) is 12.1 Å². The molecule has 6 heteroatoms. The molecule has 0 saturated carbocycles. The lowest BCUT2D eigenvalue weighted by atomic mass is 10.0. The fraction of sp³-hybridized carbons (Fsp3) is 0.412. The molecule has 0 aliphatic carbocycles. The maximum atomic E-state index is 12.3. The molecule has 1 N–H and O–H groups in total. The maximum Gasteiger partial charge on any atom is 0.252 e. The fourth-order valence-electron chi connectivity index (χ4n) is 2.09. The molecule has 0 aliphatic heterocycles. The van der Waals surface area contributed by atoms with Crippen LogP contribution in [-0.4, -0.2) is 16.0 Å². The molecule has 0 aliphatic rings. The van der Waals surface area contributed by atoms with Gasteiger partial charge in [-0.05, 0) is 38.8 Å². The Morgan fingerprint density at radius 3 is 2.74 bits per heavy atom. The van der Waals surface area contributed by atoms with E-state index in [9.17, 15) is 4.79 Å². The maximum absolute atomic E-state index is 12.3. The number of benzene rings is 1. The van der Waals surface area contributed by atoms with Gasteiger partial charge in [0.25, 0.3) is 5.91 Å². The van der Waals surface area contributed by atoms with Crippen LogP contribution in [0.3, 0.4) is 0 Å². The van der Waals surface area contributed by atoms with Crippen molar-refractivity contribution >= 4 is 5.91 Å². The van der Waals surface area contributed by atoms with E-state index < -0.39 is 5.54 Å². The van der Waals surface area contributed by atoms with E-state index in [4.69, 9.17) is 9.78 Å². The van der Waals surface area contributed by atoms with Crippen LogP contribution in [0.2, 0.25) is 0 Å². The summed E-state index contributed by atoms with van der Waals surface area (Å²) in [7, 11) is 0. The van der Waals surface area contributed by atoms with Gasteiger partial charge in [-0.25, -0.2) is 0 Å². The van der Waals surface area contributed by atoms with Crippen molar-refractivity contribution in [2.45, 2.75) is 45.1 Å². The van der Waals surface area contributed by atoms with Crippen molar-refractivity contribution in [3.05, 3.63) is 47.6 Å². The average molecular weight is 312 g/mol. The van der Waals surface area contributed by atoms with Crippen LogP contribution >= 0.6 is 0 Å². The number of carbonyl (C=O) groups excluding carboxylic acids is 1. The van der Waals surface area contributed by atoms with Crippen molar-refractivity contribution in [1.29, 1.82) is 5.26 Å². The normalized spacial score (nSPS) is 11.0. The minimum atomic E-state index is -0.735. The number of nitriles is 1. The van der Waals surface area contributed by atoms with Gasteiger partial charge in [0.15, 0.2) is 5.82 Å². The van der Waals surface area contributed by atoms with Gasteiger partial charge in [-0.15, -0.1) is 0 Å². The van der Waals surface area contributed by atoms with Crippen LogP contribution in [-0.2, 0) is 12.0 Å². The average Bonchev–Trinajstić information content (AvgIpc) is 3.02. The van der Waals surface area contributed by atoms with Gasteiger partial charge in [0.05, 0.1) is 11.6 Å². The summed E-state index contributed by atoms with van der Waals surface area (Å²) in [5.74, 6) is 0.785. The van der Waals surface area contributed by atoms with E-state index in [0.717, 1.165) is 12.8 Å². The molecule has 6 nitrogen and oxygen atoms in total. The standard InChI is InChI=1S/C17H20N4O2/c1-17(2,20-15(22)13-9-5-3-6-10-13)16-19-14(23-21-16)11-7-4-8-12-18/h3,5-6,9-10H,4,7-8,11H2,1-2H3,(H,20,22). The Bertz CT molecular complexity index is 686. The van der Waals surface area contributed by atoms with Crippen molar-refractivity contribution in [3.8, 4) is 6.07 Å². The Labute approximate surface area is 135 Å². The van der Waals surface area contributed by atoms with Crippen molar-refractivity contribution in [2.75, 3.05) is 0 Å². The van der Waals surface area contributed by atoms with Crippen LogP contribution in [0.4, 0.5) is 0 Å². The van der Waals surface area contributed by atoms with Crippen molar-refractivity contribution < 1.29 is 9.32 Å². The van der Waals surface area contributed by atoms with Gasteiger partial charge in [0, 0.05) is 18.4 Å². The van der Waals surface area contributed by atoms with Crippen molar-refractivity contribution in [3.63, 3.8) is 0 Å². The Balaban J connectivity index is 1.98. The first kappa shape index (κ1) is 16.7. The lowest BCUT2D eigenvalue weighted by molar-refractivity contribution is 0.0907. The summed E-state index contributed by atoms with van der Waals surface area (Å²) in [5.41, 5.74) is -0.151. The highest BCUT2D eigenvalue weighted by Gasteiger charge is 2.29. The molecule has 0 fully saturated rings. The van der Waals surface area contributed by atoms with Crippen LogP contribution in [0.25, 0.3) is 0 Å².